The van der Waals surface area contributed by atoms with E-state index in [0.29, 0.717) is 23.3 Å². The van der Waals surface area contributed by atoms with E-state index in [4.69, 9.17) is 16.0 Å². The number of aromatic nitrogens is 2. The number of hydrogen-bond donors (Lipinski definition) is 0. The summed E-state index contributed by atoms with van der Waals surface area (Å²) in [6, 6.07) is 14.9. The maximum Gasteiger partial charge on any atom is 0.247 e. The Balaban J connectivity index is 1.47. The molecule has 1 saturated heterocycles. The van der Waals surface area contributed by atoms with E-state index in [1.807, 2.05) is 38.1 Å². The molecule has 0 saturated carbocycles. The highest BCUT2D eigenvalue weighted by Gasteiger charge is 2.38. The highest BCUT2D eigenvalue weighted by molar-refractivity contribution is 6.30. The predicted octanol–water partition coefficient (Wildman–Crippen LogP) is 4.74. The van der Waals surface area contributed by atoms with Gasteiger partial charge in [0, 0.05) is 35.3 Å². The third-order valence-electron chi connectivity index (χ3n) is 5.87. The number of rotatable bonds is 7. The molecule has 1 fully saturated rings. The van der Waals surface area contributed by atoms with E-state index in [9.17, 15) is 9.59 Å². The minimum absolute atomic E-state index is 0.0341. The zero-order valence-electron chi connectivity index (χ0n) is 19.0. The lowest BCUT2D eigenvalue weighted by Gasteiger charge is -2.28. The summed E-state index contributed by atoms with van der Waals surface area (Å²) in [6.07, 6.45) is 1.08. The van der Waals surface area contributed by atoms with Crippen LogP contribution in [0.4, 0.5) is 5.69 Å². The molecule has 0 aliphatic carbocycles. The normalized spacial score (nSPS) is 16.0. The van der Waals surface area contributed by atoms with Crippen molar-refractivity contribution in [3.05, 3.63) is 65.0 Å². The van der Waals surface area contributed by atoms with E-state index in [1.54, 1.807) is 34.1 Å². The Labute approximate surface area is 198 Å². The second-order valence-corrected chi connectivity index (χ2v) is 8.93. The summed E-state index contributed by atoms with van der Waals surface area (Å²) in [5, 5.41) is 8.85. The Morgan fingerprint density at radius 2 is 1.97 bits per heavy atom. The van der Waals surface area contributed by atoms with Gasteiger partial charge in [-0.3, -0.25) is 9.59 Å². The summed E-state index contributed by atoms with van der Waals surface area (Å²) >= 11 is 5.94. The monoisotopic (exact) mass is 466 g/mol. The van der Waals surface area contributed by atoms with Crippen LogP contribution in [0.15, 0.2) is 52.9 Å². The molecule has 33 heavy (non-hydrogen) atoms. The maximum absolute atomic E-state index is 13.4. The van der Waals surface area contributed by atoms with Crippen LogP contribution in [0.2, 0.25) is 5.02 Å². The fourth-order valence-corrected chi connectivity index (χ4v) is 4.11. The molecule has 4 rings (SSSR count). The van der Waals surface area contributed by atoms with Crippen LogP contribution in [0.3, 0.4) is 0 Å². The lowest BCUT2D eigenvalue weighted by molar-refractivity contribution is -0.138. The topological polar surface area (TPSA) is 79.5 Å². The standard InChI is InChI=1S/C25H27ClN4O3/c1-4-17-6-5-7-21(12-17)30-14-19(13-23(30)31)25(32)29(16(2)3)15-22-27-28-24(33-22)18-8-10-20(26)11-9-18/h5-12,16,19H,4,13-15H2,1-3H3. The molecule has 1 unspecified atom stereocenters. The Hall–Kier alpha value is -3.19. The molecule has 1 aliphatic heterocycles. The van der Waals surface area contributed by atoms with Gasteiger partial charge >= 0.3 is 0 Å². The molecule has 2 amide bonds. The van der Waals surface area contributed by atoms with Crippen molar-refractivity contribution < 1.29 is 14.0 Å². The van der Waals surface area contributed by atoms with Crippen molar-refractivity contribution in [2.45, 2.75) is 46.2 Å². The molecule has 0 radical (unpaired) electrons. The van der Waals surface area contributed by atoms with Gasteiger partial charge < -0.3 is 14.2 Å². The van der Waals surface area contributed by atoms with Gasteiger partial charge in [0.25, 0.3) is 0 Å². The molecule has 1 aromatic heterocycles. The molecular weight excluding hydrogens is 440 g/mol. The first-order chi connectivity index (χ1) is 15.9. The Bertz CT molecular complexity index is 1140. The first-order valence-corrected chi connectivity index (χ1v) is 11.5. The van der Waals surface area contributed by atoms with Crippen LogP contribution in [0.1, 0.15) is 38.6 Å². The minimum Gasteiger partial charge on any atom is -0.419 e. The van der Waals surface area contributed by atoms with Crippen LogP contribution in [0.5, 0.6) is 0 Å². The van der Waals surface area contributed by atoms with E-state index in [-0.39, 0.29) is 30.8 Å². The van der Waals surface area contributed by atoms with Gasteiger partial charge in [-0.2, -0.15) is 0 Å². The summed E-state index contributed by atoms with van der Waals surface area (Å²) in [5.41, 5.74) is 2.76. The van der Waals surface area contributed by atoms with E-state index in [1.165, 1.54) is 0 Å². The van der Waals surface area contributed by atoms with Crippen molar-refractivity contribution in [3.63, 3.8) is 0 Å². The summed E-state index contributed by atoms with van der Waals surface area (Å²) in [6.45, 7) is 6.51. The molecule has 172 valence electrons. The van der Waals surface area contributed by atoms with Gasteiger partial charge in [-0.05, 0) is 62.2 Å². The van der Waals surface area contributed by atoms with Crippen molar-refractivity contribution in [2.75, 3.05) is 11.4 Å². The lowest BCUT2D eigenvalue weighted by atomic mass is 10.1. The fraction of sp³-hybridized carbons (Fsp3) is 0.360. The second kappa shape index (κ2) is 9.75. The number of carbonyl (C=O) groups is 2. The van der Waals surface area contributed by atoms with Gasteiger partial charge in [0.1, 0.15) is 0 Å². The lowest BCUT2D eigenvalue weighted by Crippen LogP contribution is -2.41. The maximum atomic E-state index is 13.4. The number of anilines is 1. The zero-order chi connectivity index (χ0) is 23.5. The number of aryl methyl sites for hydroxylation is 1. The molecule has 7 nitrogen and oxygen atoms in total. The minimum atomic E-state index is -0.413. The molecule has 1 atom stereocenters. The van der Waals surface area contributed by atoms with Crippen molar-refractivity contribution in [2.24, 2.45) is 5.92 Å². The predicted molar refractivity (Wildman–Crippen MR) is 127 cm³/mol. The molecule has 1 aliphatic rings. The smallest absolute Gasteiger partial charge is 0.247 e. The number of nitrogens with zero attached hydrogens (tertiary/aromatic N) is 4. The van der Waals surface area contributed by atoms with Gasteiger partial charge in [0.2, 0.25) is 23.6 Å². The van der Waals surface area contributed by atoms with Gasteiger partial charge in [-0.1, -0.05) is 30.7 Å². The Morgan fingerprint density at radius 3 is 2.67 bits per heavy atom. The van der Waals surface area contributed by atoms with E-state index >= 15 is 0 Å². The fourth-order valence-electron chi connectivity index (χ4n) is 3.99. The first kappa shape index (κ1) is 23.0. The van der Waals surface area contributed by atoms with Crippen LogP contribution in [-0.4, -0.2) is 39.5 Å². The van der Waals surface area contributed by atoms with Crippen LogP contribution in [0.25, 0.3) is 11.5 Å². The zero-order valence-corrected chi connectivity index (χ0v) is 19.7. The van der Waals surface area contributed by atoms with Crippen LogP contribution >= 0.6 is 11.6 Å². The first-order valence-electron chi connectivity index (χ1n) is 11.1. The van der Waals surface area contributed by atoms with Gasteiger partial charge in [0.05, 0.1) is 12.5 Å². The number of hydrogen-bond acceptors (Lipinski definition) is 5. The average molecular weight is 467 g/mol. The second-order valence-electron chi connectivity index (χ2n) is 8.50. The third-order valence-corrected chi connectivity index (χ3v) is 6.13. The summed E-state index contributed by atoms with van der Waals surface area (Å²) in [7, 11) is 0. The molecule has 0 spiro atoms. The van der Waals surface area contributed by atoms with Crippen LogP contribution in [-0.2, 0) is 22.6 Å². The number of benzene rings is 2. The molecule has 0 N–H and O–H groups in total. The van der Waals surface area contributed by atoms with Gasteiger partial charge in [-0.15, -0.1) is 10.2 Å². The quantitative estimate of drug-likeness (QED) is 0.502. The van der Waals surface area contributed by atoms with E-state index < -0.39 is 5.92 Å². The Kier molecular flexibility index (Phi) is 6.79. The van der Waals surface area contributed by atoms with E-state index in [0.717, 1.165) is 23.2 Å². The third kappa shape index (κ3) is 5.09. The number of carbonyl (C=O) groups excluding carboxylic acids is 2. The van der Waals surface area contributed by atoms with Crippen molar-refractivity contribution >= 4 is 29.1 Å². The van der Waals surface area contributed by atoms with Crippen LogP contribution in [0, 0.1) is 5.92 Å². The van der Waals surface area contributed by atoms with Crippen molar-refractivity contribution in [3.8, 4) is 11.5 Å². The van der Waals surface area contributed by atoms with Crippen LogP contribution < -0.4 is 4.90 Å². The van der Waals surface area contributed by atoms with Crippen molar-refractivity contribution in [1.82, 2.24) is 15.1 Å². The molecule has 0 bridgehead atoms. The SMILES string of the molecule is CCc1cccc(N2CC(C(=O)N(Cc3nnc(-c4ccc(Cl)cc4)o3)C(C)C)CC2=O)c1. The Morgan fingerprint density at radius 1 is 1.21 bits per heavy atom. The number of amides is 2. The average Bonchev–Trinajstić information content (AvgIpc) is 3.44. The highest BCUT2D eigenvalue weighted by Crippen LogP contribution is 2.28. The van der Waals surface area contributed by atoms with Gasteiger partial charge in [-0.25, -0.2) is 0 Å². The van der Waals surface area contributed by atoms with Crippen molar-refractivity contribution in [1.29, 1.82) is 0 Å². The largest absolute Gasteiger partial charge is 0.419 e. The van der Waals surface area contributed by atoms with E-state index in [2.05, 4.69) is 17.1 Å². The molecule has 8 heteroatoms. The molecule has 2 heterocycles. The number of halogens is 1. The summed E-state index contributed by atoms with van der Waals surface area (Å²) in [4.78, 5) is 29.5. The molecule has 3 aromatic rings. The highest BCUT2D eigenvalue weighted by atomic mass is 35.5. The summed E-state index contributed by atoms with van der Waals surface area (Å²) in [5.74, 6) is 0.186. The molecular formula is C25H27ClN4O3. The van der Waals surface area contributed by atoms with Gasteiger partial charge in [0.15, 0.2) is 0 Å². The molecule has 2 aromatic carbocycles. The summed E-state index contributed by atoms with van der Waals surface area (Å²) < 4.78 is 5.80.